The van der Waals surface area contributed by atoms with Crippen LogP contribution in [0.5, 0.6) is 0 Å². The van der Waals surface area contributed by atoms with Crippen LogP contribution < -0.4 is 18.9 Å². The first-order valence-corrected chi connectivity index (χ1v) is 8.59. The molecule has 0 fully saturated rings. The molecule has 0 atom stereocenters. The van der Waals surface area contributed by atoms with E-state index in [1.165, 1.54) is 0 Å². The van der Waals surface area contributed by atoms with E-state index in [0.29, 0.717) is 0 Å². The van der Waals surface area contributed by atoms with Crippen LogP contribution in [0, 0.1) is 0 Å². The minimum absolute atomic E-state index is 0. The van der Waals surface area contributed by atoms with Crippen molar-refractivity contribution < 1.29 is 30.2 Å². The maximum absolute atomic E-state index is 5.71. The van der Waals surface area contributed by atoms with Gasteiger partial charge in [0.25, 0.3) is 0 Å². The normalized spacial score (nSPS) is 10.6. The number of rotatable bonds is 12. The molecule has 0 radical (unpaired) electrons. The average Bonchev–Trinajstić information content (AvgIpc) is 2.29. The smallest absolute Gasteiger partial charge is 0.615 e. The van der Waals surface area contributed by atoms with Crippen molar-refractivity contribution in [3.8, 4) is 0 Å². The Hall–Kier alpha value is 1.01. The summed E-state index contributed by atoms with van der Waals surface area (Å²) in [6.45, 7) is 8.90. The van der Waals surface area contributed by atoms with Crippen molar-refractivity contribution in [1.29, 1.82) is 0 Å². The van der Waals surface area contributed by atoms with Gasteiger partial charge in [0.15, 0.2) is 0 Å². The van der Waals surface area contributed by atoms with E-state index in [1.54, 1.807) is 0 Å². The summed E-state index contributed by atoms with van der Waals surface area (Å²) < 4.78 is 17.1. The molecule has 0 aliphatic carbocycles. The molecule has 0 saturated heterocycles. The molecular weight excluding hydrogens is 226 g/mol. The molecule has 0 aromatic rings. The van der Waals surface area contributed by atoms with Gasteiger partial charge < -0.3 is 11.4 Å². The van der Waals surface area contributed by atoms with Gasteiger partial charge in [0.2, 0.25) is 0 Å². The Labute approximate surface area is 124 Å². The van der Waals surface area contributed by atoms with Gasteiger partial charge in [-0.15, -0.1) is 0 Å². The van der Waals surface area contributed by atoms with E-state index in [2.05, 4.69) is 20.8 Å². The van der Waals surface area contributed by atoms with E-state index in [9.17, 15) is 0 Å². The topological polar surface area (TPSA) is 27.7 Å². The zero-order chi connectivity index (χ0) is 12.1. The summed E-state index contributed by atoms with van der Waals surface area (Å²) in [6, 6.07) is 0. The Morgan fingerprint density at radius 2 is 0.941 bits per heavy atom. The van der Waals surface area contributed by atoms with E-state index in [0.717, 1.165) is 58.3 Å². The first kappa shape index (κ1) is 20.3. The first-order chi connectivity index (χ1) is 7.85. The summed E-state index contributed by atoms with van der Waals surface area (Å²) in [5.74, 6) is 0. The van der Waals surface area contributed by atoms with Crippen LogP contribution in [-0.2, 0) is 11.4 Å². The largest absolute Gasteiger partial charge is 1.00 e. The van der Waals surface area contributed by atoms with Crippen LogP contribution in [0.1, 0.15) is 59.3 Å². The first-order valence-electron chi connectivity index (χ1n) is 6.85. The zero-order valence-corrected chi connectivity index (χ0v) is 13.7. The fourth-order valence-electron chi connectivity index (χ4n) is 1.27. The van der Waals surface area contributed by atoms with E-state index in [1.807, 2.05) is 0 Å². The van der Waals surface area contributed by atoms with Crippen LogP contribution in [0.25, 0.3) is 0 Å². The Morgan fingerprint density at radius 1 is 0.647 bits per heavy atom. The minimum Gasteiger partial charge on any atom is -0.615 e. The predicted octanol–water partition coefficient (Wildman–Crippen LogP) is 0.158. The third-order valence-electron chi connectivity index (χ3n) is 2.43. The van der Waals surface area contributed by atoms with Crippen molar-refractivity contribution in [3.63, 3.8) is 0 Å². The molecule has 0 rings (SSSR count). The number of hydrogen-bond donors (Lipinski definition) is 0. The molecule has 0 aliphatic rings. The van der Waals surface area contributed by atoms with E-state index in [4.69, 9.17) is 11.4 Å². The Balaban J connectivity index is 0. The minimum atomic E-state index is -2.20. The van der Waals surface area contributed by atoms with Gasteiger partial charge in [-0.25, -0.2) is 0 Å². The van der Waals surface area contributed by atoms with Crippen LogP contribution in [0.3, 0.4) is 0 Å². The van der Waals surface area contributed by atoms with Gasteiger partial charge in [-0.05, 0) is 39.1 Å². The van der Waals surface area contributed by atoms with Crippen molar-refractivity contribution in [3.05, 3.63) is 0 Å². The predicted molar refractivity (Wildman–Crippen MR) is 69.7 cm³/mol. The fraction of sp³-hybridized carbons (Fsp3) is 1.00. The number of hydrogen-bond acceptors (Lipinski definition) is 3. The van der Waals surface area contributed by atoms with Crippen LogP contribution in [0.2, 0.25) is 0 Å². The molecule has 0 aliphatic heterocycles. The molecule has 0 bridgehead atoms. The maximum atomic E-state index is 5.71. The summed E-state index contributed by atoms with van der Waals surface area (Å²) >= 11 is -2.20. The second kappa shape index (κ2) is 17.0. The van der Waals surface area contributed by atoms with Crippen molar-refractivity contribution in [1.82, 2.24) is 0 Å². The molecule has 0 saturated carbocycles. The van der Waals surface area contributed by atoms with Crippen LogP contribution >= 0.6 is 0 Å². The fourth-order valence-corrected chi connectivity index (χ4v) is 2.94. The molecule has 5 heteroatoms. The zero-order valence-electron chi connectivity index (χ0n) is 12.3. The van der Waals surface area contributed by atoms with Gasteiger partial charge in [0.1, 0.15) is 0 Å². The standard InChI is InChI=1S/3C4H9O.Al.Li.H/c3*1-2-3-4-5;;;/h3*2-4H2,1H3;;;/q3*-1;+2;+1;. The molecular formula is C12H28AlLiO3. The molecule has 0 spiro atoms. The molecule has 0 amide bonds. The molecule has 17 heavy (non-hydrogen) atoms. The average molecular weight is 254 g/mol. The Bertz CT molecular complexity index is 115. The SMILES string of the molecule is CCCC[O][AlH-]([O]CCCC)[O]CCCC.[Li+]. The Morgan fingerprint density at radius 3 is 1.18 bits per heavy atom. The van der Waals surface area contributed by atoms with Crippen LogP contribution in [0.15, 0.2) is 0 Å². The van der Waals surface area contributed by atoms with E-state index >= 15 is 0 Å². The summed E-state index contributed by atoms with van der Waals surface area (Å²) in [5.41, 5.74) is 0. The second-order valence-corrected chi connectivity index (χ2v) is 6.07. The molecule has 0 aromatic heterocycles. The quantitative estimate of drug-likeness (QED) is 0.367. The second-order valence-electron chi connectivity index (χ2n) is 4.14. The van der Waals surface area contributed by atoms with Crippen molar-refractivity contribution in [2.24, 2.45) is 0 Å². The van der Waals surface area contributed by atoms with Gasteiger partial charge in [-0.1, -0.05) is 40.0 Å². The van der Waals surface area contributed by atoms with Crippen molar-refractivity contribution in [2.45, 2.75) is 59.3 Å². The van der Waals surface area contributed by atoms with Gasteiger partial charge in [0, 0.05) is 0 Å². The van der Waals surface area contributed by atoms with Crippen molar-refractivity contribution in [2.75, 3.05) is 19.8 Å². The molecule has 3 nitrogen and oxygen atoms in total. The molecule has 0 aromatic carbocycles. The molecule has 0 unspecified atom stereocenters. The van der Waals surface area contributed by atoms with E-state index < -0.39 is 15.1 Å². The van der Waals surface area contributed by atoms with Gasteiger partial charge in [-0.2, -0.15) is 0 Å². The van der Waals surface area contributed by atoms with Gasteiger partial charge >= 0.3 is 34.0 Å². The van der Waals surface area contributed by atoms with Crippen LogP contribution in [0.4, 0.5) is 0 Å². The monoisotopic (exact) mass is 254 g/mol. The van der Waals surface area contributed by atoms with Gasteiger partial charge in [0.05, 0.1) is 0 Å². The Kier molecular flexibility index (Phi) is 20.3. The van der Waals surface area contributed by atoms with Gasteiger partial charge in [-0.3, -0.25) is 0 Å². The molecule has 0 N–H and O–H groups in total. The molecule has 0 heterocycles. The maximum Gasteiger partial charge on any atom is 1.00 e. The summed E-state index contributed by atoms with van der Waals surface area (Å²) in [7, 11) is 0. The third-order valence-corrected chi connectivity index (χ3v) is 4.29. The molecule has 98 valence electrons. The summed E-state index contributed by atoms with van der Waals surface area (Å²) in [6.07, 6.45) is 6.80. The summed E-state index contributed by atoms with van der Waals surface area (Å²) in [4.78, 5) is 0. The summed E-state index contributed by atoms with van der Waals surface area (Å²) in [5, 5.41) is 0. The number of unbranched alkanes of at least 4 members (excludes halogenated alkanes) is 3. The van der Waals surface area contributed by atoms with Crippen molar-refractivity contribution >= 4 is 15.1 Å². The van der Waals surface area contributed by atoms with Crippen LogP contribution in [-0.4, -0.2) is 35.0 Å². The third kappa shape index (κ3) is 15.0. The van der Waals surface area contributed by atoms with E-state index in [-0.39, 0.29) is 18.9 Å².